The van der Waals surface area contributed by atoms with Crippen LogP contribution in [0.25, 0.3) is 0 Å². The Kier molecular flexibility index (Phi) is 6.98. The second kappa shape index (κ2) is 9.21. The van der Waals surface area contributed by atoms with Gasteiger partial charge in [0.2, 0.25) is 0 Å². The van der Waals surface area contributed by atoms with Crippen LogP contribution in [0.1, 0.15) is 37.1 Å². The van der Waals surface area contributed by atoms with E-state index in [4.69, 9.17) is 0 Å². The molecule has 2 heteroatoms. The molecule has 2 rings (SSSR count). The molecule has 0 heterocycles. The van der Waals surface area contributed by atoms with E-state index in [0.717, 1.165) is 0 Å². The SMILES string of the molecule is C=C[C@H](N[C@@H](C)c1ccccc1)[C@H](C=C)N[C@@H](C)c1ccccc1. The lowest BCUT2D eigenvalue weighted by Crippen LogP contribution is -2.47. The molecule has 0 amide bonds. The molecule has 0 bridgehead atoms. The minimum atomic E-state index is 0.101. The largest absolute Gasteiger partial charge is 0.302 e. The first-order valence-electron chi connectivity index (χ1n) is 8.52. The van der Waals surface area contributed by atoms with Gasteiger partial charge in [-0.3, -0.25) is 0 Å². The Morgan fingerprint density at radius 1 is 0.667 bits per heavy atom. The highest BCUT2D eigenvalue weighted by molar-refractivity contribution is 5.21. The van der Waals surface area contributed by atoms with E-state index in [1.165, 1.54) is 11.1 Å². The van der Waals surface area contributed by atoms with Crippen LogP contribution in [-0.4, -0.2) is 12.1 Å². The van der Waals surface area contributed by atoms with Gasteiger partial charge in [-0.05, 0) is 25.0 Å². The van der Waals surface area contributed by atoms with Crippen molar-refractivity contribution >= 4 is 0 Å². The third-order valence-corrected chi connectivity index (χ3v) is 4.38. The van der Waals surface area contributed by atoms with Gasteiger partial charge in [0.05, 0.1) is 0 Å². The lowest BCUT2D eigenvalue weighted by Gasteiger charge is -2.30. The van der Waals surface area contributed by atoms with Crippen molar-refractivity contribution in [2.75, 3.05) is 0 Å². The molecule has 0 fully saturated rings. The van der Waals surface area contributed by atoms with Crippen LogP contribution in [0.4, 0.5) is 0 Å². The third-order valence-electron chi connectivity index (χ3n) is 4.38. The van der Waals surface area contributed by atoms with Crippen LogP contribution < -0.4 is 10.6 Å². The maximum Gasteiger partial charge on any atom is 0.0443 e. The van der Waals surface area contributed by atoms with Crippen LogP contribution in [-0.2, 0) is 0 Å². The highest BCUT2D eigenvalue weighted by Crippen LogP contribution is 2.17. The summed E-state index contributed by atoms with van der Waals surface area (Å²) >= 11 is 0. The maximum atomic E-state index is 4.01. The smallest absolute Gasteiger partial charge is 0.0443 e. The lowest BCUT2D eigenvalue weighted by molar-refractivity contribution is 0.404. The van der Waals surface area contributed by atoms with Crippen LogP contribution in [0.5, 0.6) is 0 Å². The van der Waals surface area contributed by atoms with Crippen molar-refractivity contribution in [3.05, 3.63) is 97.1 Å². The van der Waals surface area contributed by atoms with Gasteiger partial charge in [0.25, 0.3) is 0 Å². The van der Waals surface area contributed by atoms with Crippen LogP contribution in [0.3, 0.4) is 0 Å². The summed E-state index contributed by atoms with van der Waals surface area (Å²) < 4.78 is 0. The summed E-state index contributed by atoms with van der Waals surface area (Å²) in [4.78, 5) is 0. The first-order valence-corrected chi connectivity index (χ1v) is 8.52. The second-order valence-electron chi connectivity index (χ2n) is 6.12. The van der Waals surface area contributed by atoms with E-state index >= 15 is 0 Å². The molecule has 0 spiro atoms. The fraction of sp³-hybridized carbons (Fsp3) is 0.273. The number of benzene rings is 2. The zero-order valence-corrected chi connectivity index (χ0v) is 14.7. The quantitative estimate of drug-likeness (QED) is 0.649. The summed E-state index contributed by atoms with van der Waals surface area (Å²) in [7, 11) is 0. The first kappa shape index (κ1) is 18.2. The molecule has 0 unspecified atom stereocenters. The van der Waals surface area contributed by atoms with Gasteiger partial charge < -0.3 is 10.6 Å². The van der Waals surface area contributed by atoms with Gasteiger partial charge in [-0.1, -0.05) is 72.8 Å². The minimum Gasteiger partial charge on any atom is -0.302 e. The molecule has 126 valence electrons. The summed E-state index contributed by atoms with van der Waals surface area (Å²) in [6.07, 6.45) is 3.91. The van der Waals surface area contributed by atoms with Crippen molar-refractivity contribution in [3.63, 3.8) is 0 Å². The molecule has 0 aliphatic rings. The van der Waals surface area contributed by atoms with Crippen molar-refractivity contribution in [2.45, 2.75) is 38.0 Å². The summed E-state index contributed by atoms with van der Waals surface area (Å²) in [6, 6.07) is 21.6. The van der Waals surface area contributed by atoms with E-state index in [1.807, 2.05) is 24.3 Å². The van der Waals surface area contributed by atoms with E-state index in [9.17, 15) is 0 Å². The maximum absolute atomic E-state index is 4.01. The van der Waals surface area contributed by atoms with Crippen molar-refractivity contribution in [1.82, 2.24) is 10.6 Å². The number of hydrogen-bond acceptors (Lipinski definition) is 2. The monoisotopic (exact) mass is 320 g/mol. The fourth-order valence-electron chi connectivity index (χ4n) is 2.89. The Morgan fingerprint density at radius 3 is 1.29 bits per heavy atom. The molecule has 2 N–H and O–H groups in total. The van der Waals surface area contributed by atoms with Crippen LogP contribution in [0.15, 0.2) is 86.0 Å². The highest BCUT2D eigenvalue weighted by atomic mass is 15.0. The highest BCUT2D eigenvalue weighted by Gasteiger charge is 2.20. The van der Waals surface area contributed by atoms with Crippen LogP contribution >= 0.6 is 0 Å². The summed E-state index contributed by atoms with van der Waals surface area (Å²) in [5, 5.41) is 7.28. The van der Waals surface area contributed by atoms with E-state index in [1.54, 1.807) is 0 Å². The number of nitrogens with one attached hydrogen (secondary N) is 2. The molecule has 0 aliphatic heterocycles. The zero-order valence-electron chi connectivity index (χ0n) is 14.7. The summed E-state index contributed by atoms with van der Waals surface area (Å²) in [6.45, 7) is 12.4. The van der Waals surface area contributed by atoms with Crippen molar-refractivity contribution in [3.8, 4) is 0 Å². The Morgan fingerprint density at radius 2 is 1.00 bits per heavy atom. The van der Waals surface area contributed by atoms with E-state index < -0.39 is 0 Å². The normalized spacial score (nSPS) is 15.9. The second-order valence-corrected chi connectivity index (χ2v) is 6.12. The van der Waals surface area contributed by atoms with E-state index in [2.05, 4.69) is 86.2 Å². The van der Waals surface area contributed by atoms with Crippen molar-refractivity contribution in [2.24, 2.45) is 0 Å². The average molecular weight is 320 g/mol. The molecule has 0 saturated carbocycles. The van der Waals surface area contributed by atoms with Gasteiger partial charge in [-0.15, -0.1) is 13.2 Å². The fourth-order valence-corrected chi connectivity index (χ4v) is 2.89. The standard InChI is InChI=1S/C22H28N2/c1-5-21(23-17(3)19-13-9-7-10-14-19)22(6-2)24-18(4)20-15-11-8-12-16-20/h5-18,21-24H,1-2H2,3-4H3/t17-,18-,21-,22-/m0/s1. The van der Waals surface area contributed by atoms with E-state index in [-0.39, 0.29) is 24.2 Å². The molecule has 2 aromatic carbocycles. The first-order chi connectivity index (χ1) is 11.7. The van der Waals surface area contributed by atoms with E-state index in [0.29, 0.717) is 0 Å². The molecule has 2 aromatic rings. The van der Waals surface area contributed by atoms with Gasteiger partial charge in [0.1, 0.15) is 0 Å². The van der Waals surface area contributed by atoms with Crippen LogP contribution in [0, 0.1) is 0 Å². The Hall–Kier alpha value is -2.16. The zero-order chi connectivity index (χ0) is 17.4. The Labute approximate surface area is 146 Å². The van der Waals surface area contributed by atoms with Crippen molar-refractivity contribution in [1.29, 1.82) is 0 Å². The molecule has 2 nitrogen and oxygen atoms in total. The van der Waals surface area contributed by atoms with Gasteiger partial charge in [-0.2, -0.15) is 0 Å². The molecular weight excluding hydrogens is 292 g/mol. The molecular formula is C22H28N2. The van der Waals surface area contributed by atoms with Gasteiger partial charge >= 0.3 is 0 Å². The third kappa shape index (κ3) is 4.92. The minimum absolute atomic E-state index is 0.101. The topological polar surface area (TPSA) is 24.1 Å². The molecule has 24 heavy (non-hydrogen) atoms. The molecule has 0 aromatic heterocycles. The molecule has 0 radical (unpaired) electrons. The Balaban J connectivity index is 2.03. The predicted octanol–water partition coefficient (Wildman–Crippen LogP) is 4.80. The average Bonchev–Trinajstić information content (AvgIpc) is 2.65. The Bertz CT molecular complexity index is 563. The lowest BCUT2D eigenvalue weighted by atomic mass is 10.0. The summed E-state index contributed by atoms with van der Waals surface area (Å²) in [5.74, 6) is 0. The summed E-state index contributed by atoms with van der Waals surface area (Å²) in [5.41, 5.74) is 2.53. The molecule has 0 saturated heterocycles. The number of hydrogen-bond donors (Lipinski definition) is 2. The molecule has 0 aliphatic carbocycles. The number of rotatable bonds is 9. The van der Waals surface area contributed by atoms with Gasteiger partial charge in [0, 0.05) is 24.2 Å². The molecule has 4 atom stereocenters. The predicted molar refractivity (Wildman–Crippen MR) is 104 cm³/mol. The van der Waals surface area contributed by atoms with Crippen molar-refractivity contribution < 1.29 is 0 Å². The van der Waals surface area contributed by atoms with Crippen LogP contribution in [0.2, 0.25) is 0 Å². The van der Waals surface area contributed by atoms with Gasteiger partial charge in [-0.25, -0.2) is 0 Å². The van der Waals surface area contributed by atoms with Gasteiger partial charge in [0.15, 0.2) is 0 Å².